The summed E-state index contributed by atoms with van der Waals surface area (Å²) in [5.41, 5.74) is 7.80. The van der Waals surface area contributed by atoms with Gasteiger partial charge in [0.1, 0.15) is 15.8 Å². The number of hydrogen-bond donors (Lipinski definition) is 1. The fraction of sp³-hybridized carbons (Fsp3) is 0.500. The van der Waals surface area contributed by atoms with Crippen LogP contribution in [0.2, 0.25) is 0 Å². The molecule has 1 aliphatic heterocycles. The molecule has 2 aromatic heterocycles. The maximum absolute atomic E-state index is 11.7. The summed E-state index contributed by atoms with van der Waals surface area (Å²) in [6.07, 6.45) is 0.635. The molecule has 3 rings (SSSR count). The molecule has 6 nitrogen and oxygen atoms in total. The maximum atomic E-state index is 11.7. The van der Waals surface area contributed by atoms with Crippen LogP contribution in [0.1, 0.15) is 12.1 Å². The van der Waals surface area contributed by atoms with E-state index in [9.17, 15) is 8.42 Å². The molecule has 0 bridgehead atoms. The molecule has 0 saturated carbocycles. The van der Waals surface area contributed by atoms with Gasteiger partial charge in [0.25, 0.3) is 0 Å². The molecule has 21 heavy (non-hydrogen) atoms. The molecule has 2 N–H and O–H groups in total. The lowest BCUT2D eigenvalue weighted by molar-refractivity contribution is 0.597. The number of rotatable bonds is 2. The molecule has 114 valence electrons. The Morgan fingerprint density at radius 2 is 2.14 bits per heavy atom. The fourth-order valence-corrected chi connectivity index (χ4v) is 5.37. The first-order chi connectivity index (χ1) is 9.96. The lowest BCUT2D eigenvalue weighted by Gasteiger charge is -2.20. The SMILES string of the molecule is Cc1csc(-c2c(N)nsc2N2CCCS(=O)(=O)CC2)n1. The molecular weight excluding hydrogens is 328 g/mol. The highest BCUT2D eigenvalue weighted by Crippen LogP contribution is 2.40. The Morgan fingerprint density at radius 3 is 2.86 bits per heavy atom. The highest BCUT2D eigenvalue weighted by molar-refractivity contribution is 7.91. The van der Waals surface area contributed by atoms with E-state index in [0.717, 1.165) is 21.3 Å². The quantitative estimate of drug-likeness (QED) is 0.893. The Hall–Kier alpha value is -1.19. The summed E-state index contributed by atoms with van der Waals surface area (Å²) < 4.78 is 27.7. The Bertz CT molecular complexity index is 750. The second-order valence-electron chi connectivity index (χ2n) is 5.03. The van der Waals surface area contributed by atoms with Gasteiger partial charge in [-0.25, -0.2) is 13.4 Å². The van der Waals surface area contributed by atoms with Crippen molar-refractivity contribution in [3.8, 4) is 10.6 Å². The minimum atomic E-state index is -2.93. The molecule has 0 spiro atoms. The van der Waals surface area contributed by atoms with Gasteiger partial charge < -0.3 is 10.6 Å². The van der Waals surface area contributed by atoms with E-state index in [-0.39, 0.29) is 11.5 Å². The number of nitrogen functional groups attached to an aromatic ring is 1. The fourth-order valence-electron chi connectivity index (χ4n) is 2.32. The van der Waals surface area contributed by atoms with Crippen molar-refractivity contribution in [1.29, 1.82) is 0 Å². The van der Waals surface area contributed by atoms with E-state index in [4.69, 9.17) is 5.73 Å². The Kier molecular flexibility index (Phi) is 3.89. The minimum absolute atomic E-state index is 0.182. The smallest absolute Gasteiger partial charge is 0.152 e. The van der Waals surface area contributed by atoms with Crippen LogP contribution < -0.4 is 10.6 Å². The lowest BCUT2D eigenvalue weighted by atomic mass is 10.3. The second-order valence-corrected chi connectivity index (χ2v) is 8.95. The van der Waals surface area contributed by atoms with Gasteiger partial charge in [0.2, 0.25) is 0 Å². The monoisotopic (exact) mass is 344 g/mol. The third kappa shape index (κ3) is 3.04. The number of sulfone groups is 1. The Balaban J connectivity index is 1.96. The summed E-state index contributed by atoms with van der Waals surface area (Å²) in [5, 5.41) is 3.75. The van der Waals surface area contributed by atoms with Gasteiger partial charge in [-0.05, 0) is 24.9 Å². The van der Waals surface area contributed by atoms with Gasteiger partial charge >= 0.3 is 0 Å². The van der Waals surface area contributed by atoms with E-state index in [1.54, 1.807) is 0 Å². The van der Waals surface area contributed by atoms with Crippen molar-refractivity contribution in [2.75, 3.05) is 35.2 Å². The molecule has 2 aromatic rings. The highest BCUT2D eigenvalue weighted by Gasteiger charge is 2.25. The van der Waals surface area contributed by atoms with Crippen LogP contribution in [-0.2, 0) is 9.84 Å². The maximum Gasteiger partial charge on any atom is 0.152 e. The number of hydrogen-bond acceptors (Lipinski definition) is 8. The van der Waals surface area contributed by atoms with E-state index in [1.807, 2.05) is 12.3 Å². The average Bonchev–Trinajstić information content (AvgIpc) is 2.94. The summed E-state index contributed by atoms with van der Waals surface area (Å²) in [5.74, 6) is 0.904. The number of thiazole rings is 1. The summed E-state index contributed by atoms with van der Waals surface area (Å²) in [4.78, 5) is 6.56. The summed E-state index contributed by atoms with van der Waals surface area (Å²) in [6.45, 7) is 3.13. The zero-order valence-corrected chi connectivity index (χ0v) is 14.0. The molecule has 0 aromatic carbocycles. The Morgan fingerprint density at radius 1 is 1.33 bits per heavy atom. The first-order valence-corrected chi connectivity index (χ1v) is 10.1. The van der Waals surface area contributed by atoms with Gasteiger partial charge in [0.15, 0.2) is 9.84 Å². The van der Waals surface area contributed by atoms with Gasteiger partial charge in [0, 0.05) is 24.2 Å². The average molecular weight is 344 g/mol. The largest absolute Gasteiger partial charge is 0.382 e. The van der Waals surface area contributed by atoms with Crippen molar-refractivity contribution in [2.45, 2.75) is 13.3 Å². The minimum Gasteiger partial charge on any atom is -0.382 e. The summed E-state index contributed by atoms with van der Waals surface area (Å²) in [6, 6.07) is 0. The van der Waals surface area contributed by atoms with Gasteiger partial charge in [0.05, 0.1) is 17.1 Å². The predicted octanol–water partition coefficient (Wildman–Crippen LogP) is 1.78. The van der Waals surface area contributed by atoms with Crippen molar-refractivity contribution in [1.82, 2.24) is 9.36 Å². The molecule has 0 atom stereocenters. The first-order valence-electron chi connectivity index (χ1n) is 6.59. The van der Waals surface area contributed by atoms with Crippen LogP contribution in [-0.4, -0.2) is 42.4 Å². The topological polar surface area (TPSA) is 89.2 Å². The molecule has 1 aliphatic rings. The van der Waals surface area contributed by atoms with Gasteiger partial charge in [-0.15, -0.1) is 11.3 Å². The third-order valence-electron chi connectivity index (χ3n) is 3.38. The van der Waals surface area contributed by atoms with Crippen LogP contribution in [0, 0.1) is 6.92 Å². The van der Waals surface area contributed by atoms with E-state index in [0.29, 0.717) is 25.3 Å². The first kappa shape index (κ1) is 14.7. The van der Waals surface area contributed by atoms with Crippen LogP contribution in [0.3, 0.4) is 0 Å². The van der Waals surface area contributed by atoms with Crippen molar-refractivity contribution >= 4 is 43.5 Å². The van der Waals surface area contributed by atoms with E-state index < -0.39 is 9.84 Å². The van der Waals surface area contributed by atoms with E-state index in [2.05, 4.69) is 14.3 Å². The number of anilines is 2. The summed E-state index contributed by atoms with van der Waals surface area (Å²) in [7, 11) is -2.93. The molecular formula is C12H16N4O2S3. The molecule has 0 aliphatic carbocycles. The predicted molar refractivity (Wildman–Crippen MR) is 87.9 cm³/mol. The van der Waals surface area contributed by atoms with Gasteiger partial charge in [-0.3, -0.25) is 0 Å². The van der Waals surface area contributed by atoms with Crippen LogP contribution in [0.25, 0.3) is 10.6 Å². The van der Waals surface area contributed by atoms with Crippen LogP contribution in [0.15, 0.2) is 5.38 Å². The molecule has 9 heteroatoms. The lowest BCUT2D eigenvalue weighted by Crippen LogP contribution is -2.26. The van der Waals surface area contributed by atoms with Crippen LogP contribution in [0.4, 0.5) is 10.8 Å². The molecule has 3 heterocycles. The summed E-state index contributed by atoms with van der Waals surface area (Å²) >= 11 is 2.85. The van der Waals surface area contributed by atoms with Crippen molar-refractivity contribution in [3.05, 3.63) is 11.1 Å². The molecule has 0 amide bonds. The zero-order valence-electron chi connectivity index (χ0n) is 11.6. The standard InChI is InChI=1S/C12H16N4O2S3/c1-8-7-19-11(14-8)9-10(13)15-20-12(9)16-3-2-5-21(17,18)6-4-16/h7H,2-6H2,1H3,(H2,13,15). The van der Waals surface area contributed by atoms with E-state index >= 15 is 0 Å². The normalized spacial score (nSPS) is 18.6. The van der Waals surface area contributed by atoms with Crippen molar-refractivity contribution in [2.24, 2.45) is 0 Å². The molecule has 1 saturated heterocycles. The third-order valence-corrected chi connectivity index (χ3v) is 6.99. The number of nitrogens with zero attached hydrogens (tertiary/aromatic N) is 3. The number of nitrogens with two attached hydrogens (primary N) is 1. The van der Waals surface area contributed by atoms with Gasteiger partial charge in [-0.1, -0.05) is 0 Å². The molecule has 1 fully saturated rings. The van der Waals surface area contributed by atoms with Gasteiger partial charge in [-0.2, -0.15) is 4.37 Å². The molecule has 0 unspecified atom stereocenters. The number of aryl methyl sites for hydroxylation is 1. The zero-order chi connectivity index (χ0) is 15.0. The van der Waals surface area contributed by atoms with E-state index in [1.165, 1.54) is 22.9 Å². The van der Waals surface area contributed by atoms with Crippen LogP contribution >= 0.6 is 22.9 Å². The van der Waals surface area contributed by atoms with Crippen molar-refractivity contribution < 1.29 is 8.42 Å². The van der Waals surface area contributed by atoms with Crippen molar-refractivity contribution in [3.63, 3.8) is 0 Å². The highest BCUT2D eigenvalue weighted by atomic mass is 32.2. The molecule has 0 radical (unpaired) electrons. The Labute approximate surface area is 131 Å². The second kappa shape index (κ2) is 5.54. The number of aromatic nitrogens is 2. The van der Waals surface area contributed by atoms with Crippen LogP contribution in [0.5, 0.6) is 0 Å².